The minimum atomic E-state index is -0.196. The Morgan fingerprint density at radius 2 is 1.88 bits per heavy atom. The summed E-state index contributed by atoms with van der Waals surface area (Å²) < 4.78 is 2.79. The number of aromatic nitrogens is 2. The van der Waals surface area contributed by atoms with Gasteiger partial charge in [-0.3, -0.25) is 4.79 Å². The van der Waals surface area contributed by atoms with Crippen LogP contribution in [0.1, 0.15) is 12.5 Å². The highest BCUT2D eigenvalue weighted by atomic mass is 32.1. The molecule has 0 unspecified atom stereocenters. The molecule has 0 aliphatic heterocycles. The molecule has 0 aliphatic rings. The zero-order valence-corrected chi connectivity index (χ0v) is 10.4. The van der Waals surface area contributed by atoms with Gasteiger partial charge in [-0.05, 0) is 18.9 Å². The number of nitrogens with zero attached hydrogens (tertiary/aromatic N) is 2. The smallest absolute Gasteiger partial charge is 0.255 e. The number of hydrogen-bond acceptors (Lipinski definition) is 3. The van der Waals surface area contributed by atoms with E-state index in [0.717, 1.165) is 17.1 Å². The molecule has 1 aromatic carbocycles. The van der Waals surface area contributed by atoms with E-state index in [-0.39, 0.29) is 10.6 Å². The molecule has 2 rings (SSSR count). The normalized spacial score (nSPS) is 10.6. The summed E-state index contributed by atoms with van der Waals surface area (Å²) in [6, 6.07) is 9.85. The fourth-order valence-electron chi connectivity index (χ4n) is 1.67. The molecule has 1 heterocycles. The first kappa shape index (κ1) is 11.9. The van der Waals surface area contributed by atoms with E-state index >= 15 is 0 Å². The zero-order valence-electron chi connectivity index (χ0n) is 9.63. The van der Waals surface area contributed by atoms with Crippen molar-refractivity contribution in [3.05, 3.63) is 56.0 Å². The van der Waals surface area contributed by atoms with E-state index in [4.69, 9.17) is 0 Å². The summed E-state index contributed by atoms with van der Waals surface area (Å²) in [5, 5.41) is 0. The molecule has 0 N–H and O–H groups in total. The van der Waals surface area contributed by atoms with Crippen molar-refractivity contribution in [3.63, 3.8) is 0 Å². The third-order valence-corrected chi connectivity index (χ3v) is 3.62. The maximum Gasteiger partial charge on any atom is 0.341 e. The van der Waals surface area contributed by atoms with Gasteiger partial charge in [0.25, 0.3) is 0 Å². The lowest BCUT2D eigenvalue weighted by Gasteiger charge is -2.00. The Morgan fingerprint density at radius 3 is 2.47 bits per heavy atom. The van der Waals surface area contributed by atoms with Crippen LogP contribution in [-0.4, -0.2) is 8.52 Å². The van der Waals surface area contributed by atoms with Crippen LogP contribution in [0, 0.1) is 0 Å². The van der Waals surface area contributed by atoms with Crippen LogP contribution in [0.5, 0.6) is 0 Å². The minimum absolute atomic E-state index is 0.173. The second kappa shape index (κ2) is 5.14. The topological polar surface area (TPSA) is 44.0 Å². The summed E-state index contributed by atoms with van der Waals surface area (Å²) in [6.07, 6.45) is 0.705. The minimum Gasteiger partial charge on any atom is -0.255 e. The average Bonchev–Trinajstić information content (AvgIpc) is 2.63. The first-order chi connectivity index (χ1) is 8.22. The molecule has 4 nitrogen and oxygen atoms in total. The SMILES string of the molecule is CCn1sc(=O)n(CCc2ccccc2)c1=O. The molecule has 0 saturated heterocycles. The summed E-state index contributed by atoms with van der Waals surface area (Å²) in [5.74, 6) is 0. The molecule has 17 heavy (non-hydrogen) atoms. The number of rotatable bonds is 4. The molecule has 0 saturated carbocycles. The highest BCUT2D eigenvalue weighted by Crippen LogP contribution is 2.00. The molecule has 0 bridgehead atoms. The van der Waals surface area contributed by atoms with E-state index < -0.39 is 0 Å². The largest absolute Gasteiger partial charge is 0.341 e. The van der Waals surface area contributed by atoms with Crippen molar-refractivity contribution < 1.29 is 0 Å². The van der Waals surface area contributed by atoms with Gasteiger partial charge in [-0.1, -0.05) is 30.3 Å². The lowest BCUT2D eigenvalue weighted by molar-refractivity contribution is 0.621. The second-order valence-electron chi connectivity index (χ2n) is 3.72. The Morgan fingerprint density at radius 1 is 1.18 bits per heavy atom. The van der Waals surface area contributed by atoms with Crippen molar-refractivity contribution in [1.29, 1.82) is 0 Å². The Hall–Kier alpha value is -1.62. The monoisotopic (exact) mass is 250 g/mol. The van der Waals surface area contributed by atoms with Crippen molar-refractivity contribution in [3.8, 4) is 0 Å². The summed E-state index contributed by atoms with van der Waals surface area (Å²) in [7, 11) is 0. The second-order valence-corrected chi connectivity index (χ2v) is 4.69. The van der Waals surface area contributed by atoms with Crippen molar-refractivity contribution in [2.75, 3.05) is 0 Å². The molecular formula is C12H14N2O2S. The molecule has 5 heteroatoms. The predicted molar refractivity (Wildman–Crippen MR) is 68.7 cm³/mol. The van der Waals surface area contributed by atoms with E-state index in [0.29, 0.717) is 19.5 Å². The van der Waals surface area contributed by atoms with Gasteiger partial charge < -0.3 is 0 Å². The van der Waals surface area contributed by atoms with Gasteiger partial charge in [-0.2, -0.15) is 0 Å². The van der Waals surface area contributed by atoms with E-state index in [1.165, 1.54) is 8.52 Å². The lowest BCUT2D eigenvalue weighted by atomic mass is 10.1. The highest BCUT2D eigenvalue weighted by molar-refractivity contribution is 7.03. The number of benzene rings is 1. The van der Waals surface area contributed by atoms with Gasteiger partial charge in [0.2, 0.25) is 0 Å². The van der Waals surface area contributed by atoms with Crippen LogP contribution in [0.25, 0.3) is 0 Å². The molecule has 0 atom stereocenters. The molecule has 0 radical (unpaired) electrons. The summed E-state index contributed by atoms with van der Waals surface area (Å²) in [5.41, 5.74) is 0.937. The van der Waals surface area contributed by atoms with Crippen molar-refractivity contribution >= 4 is 11.5 Å². The molecule has 2 aromatic rings. The Bertz CT molecular complexity index is 595. The standard InChI is InChI=1S/C12H14N2O2S/c1-2-14-11(15)13(12(16)17-14)9-8-10-6-4-3-5-7-10/h3-7H,2,8-9H2,1H3. The van der Waals surface area contributed by atoms with E-state index in [1.807, 2.05) is 37.3 Å². The van der Waals surface area contributed by atoms with Crippen LogP contribution < -0.4 is 10.6 Å². The summed E-state index contributed by atoms with van der Waals surface area (Å²) in [6.45, 7) is 2.86. The van der Waals surface area contributed by atoms with Crippen LogP contribution in [-0.2, 0) is 19.5 Å². The summed E-state index contributed by atoms with van der Waals surface area (Å²) >= 11 is 0.988. The van der Waals surface area contributed by atoms with E-state index in [2.05, 4.69) is 0 Å². The van der Waals surface area contributed by atoms with E-state index in [9.17, 15) is 9.59 Å². The quantitative estimate of drug-likeness (QED) is 0.821. The van der Waals surface area contributed by atoms with Gasteiger partial charge in [0.05, 0.1) is 0 Å². The Labute approximate surface area is 103 Å². The lowest BCUT2D eigenvalue weighted by Crippen LogP contribution is -2.29. The molecule has 0 spiro atoms. The van der Waals surface area contributed by atoms with Crippen LogP contribution >= 0.6 is 11.5 Å². The highest BCUT2D eigenvalue weighted by Gasteiger charge is 2.08. The summed E-state index contributed by atoms with van der Waals surface area (Å²) in [4.78, 5) is 23.2. The van der Waals surface area contributed by atoms with Gasteiger partial charge in [0.15, 0.2) is 0 Å². The van der Waals surface area contributed by atoms with Crippen LogP contribution in [0.3, 0.4) is 0 Å². The maximum absolute atomic E-state index is 11.8. The van der Waals surface area contributed by atoms with Gasteiger partial charge >= 0.3 is 10.6 Å². The fraction of sp³-hybridized carbons (Fsp3) is 0.333. The first-order valence-electron chi connectivity index (χ1n) is 5.57. The average molecular weight is 250 g/mol. The van der Waals surface area contributed by atoms with Crippen molar-refractivity contribution in [2.45, 2.75) is 26.4 Å². The third-order valence-electron chi connectivity index (χ3n) is 2.61. The molecule has 0 aliphatic carbocycles. The first-order valence-corrected chi connectivity index (χ1v) is 6.34. The molecule has 1 aromatic heterocycles. The van der Waals surface area contributed by atoms with Gasteiger partial charge in [-0.15, -0.1) is 0 Å². The zero-order chi connectivity index (χ0) is 12.3. The molecular weight excluding hydrogens is 236 g/mol. The van der Waals surface area contributed by atoms with Crippen LogP contribution in [0.2, 0.25) is 0 Å². The predicted octanol–water partition coefficient (Wildman–Crippen LogP) is 1.33. The third kappa shape index (κ3) is 2.55. The fourth-order valence-corrected chi connectivity index (χ4v) is 2.43. The van der Waals surface area contributed by atoms with Gasteiger partial charge in [-0.25, -0.2) is 13.3 Å². The molecule has 0 amide bonds. The Balaban J connectivity index is 2.18. The van der Waals surface area contributed by atoms with Crippen molar-refractivity contribution in [1.82, 2.24) is 8.52 Å². The molecule has 0 fully saturated rings. The molecule has 90 valence electrons. The number of aryl methyl sites for hydroxylation is 2. The van der Waals surface area contributed by atoms with Gasteiger partial charge in [0.1, 0.15) is 0 Å². The number of hydrogen-bond donors (Lipinski definition) is 0. The van der Waals surface area contributed by atoms with Gasteiger partial charge in [0, 0.05) is 24.6 Å². The maximum atomic E-state index is 11.8. The van der Waals surface area contributed by atoms with Crippen molar-refractivity contribution in [2.24, 2.45) is 0 Å². The van der Waals surface area contributed by atoms with E-state index in [1.54, 1.807) is 0 Å². The van der Waals surface area contributed by atoms with Crippen LogP contribution in [0.15, 0.2) is 39.9 Å². The Kier molecular flexibility index (Phi) is 3.58. The van der Waals surface area contributed by atoms with Crippen LogP contribution in [0.4, 0.5) is 0 Å².